The molecular weight excluding hydrogens is 358 g/mol. The third kappa shape index (κ3) is 33.2. The minimum absolute atomic E-state index is 0. The van der Waals surface area contributed by atoms with Crippen LogP contribution in [0.25, 0.3) is 0 Å². The normalized spacial score (nSPS) is 0. The van der Waals surface area contributed by atoms with Crippen LogP contribution in [0.15, 0.2) is 0 Å². The van der Waals surface area contributed by atoms with E-state index in [-0.39, 0.29) is 195 Å². The van der Waals surface area contributed by atoms with Crippen LogP contribution in [0.3, 0.4) is 0 Å². The Morgan fingerprint density at radius 3 is 1.00 bits per heavy atom. The van der Waals surface area contributed by atoms with Gasteiger partial charge in [0, 0.05) is 53.6 Å². The molecule has 1 radical (unpaired) electrons. The Balaban J connectivity index is 0. The predicted octanol–water partition coefficient (Wildman–Crippen LogP) is -6.58. The molecule has 0 heterocycles. The predicted molar refractivity (Wildman–Crippen MR) is 17.4 cm³/mol. The van der Waals surface area contributed by atoms with Gasteiger partial charge in [-0.15, -0.1) is 0 Å². The summed E-state index contributed by atoms with van der Waals surface area (Å²) in [4.78, 5) is 0. The molecule has 0 aliphatic heterocycles. The maximum atomic E-state index is 0. The van der Waals surface area contributed by atoms with Gasteiger partial charge in [0.1, 0.15) is 0 Å². The van der Waals surface area contributed by atoms with Crippen LogP contribution in [0.5, 0.6) is 0 Å². The van der Waals surface area contributed by atoms with Crippen molar-refractivity contribution in [3.8, 4) is 0 Å². The standard InChI is InChI=1S/Ca.2Fe.K.Na.HSe.Zn.4H/h;;;;;1H;;;;;/q+2;;;2*+1;;;4*-1. The van der Waals surface area contributed by atoms with E-state index in [2.05, 4.69) is 0 Å². The van der Waals surface area contributed by atoms with E-state index in [1.54, 1.807) is 0 Å². The van der Waals surface area contributed by atoms with Gasteiger partial charge in [-0.2, -0.15) is 0 Å². The zero-order chi connectivity index (χ0) is 0. The largest absolute Gasteiger partial charge is 0 e. The van der Waals surface area contributed by atoms with E-state index < -0.39 is 0 Å². The van der Waals surface area contributed by atoms with Crippen LogP contribution < -0.4 is 80.9 Å². The van der Waals surface area contributed by atoms with Gasteiger partial charge in [0.25, 0.3) is 0 Å². The Morgan fingerprint density at radius 1 is 1.00 bits per heavy atom. The molecule has 0 aromatic heterocycles. The second kappa shape index (κ2) is 40.1. The minimum Gasteiger partial charge on any atom is 0 e. The van der Waals surface area contributed by atoms with Gasteiger partial charge >= 0.3 is 136 Å². The van der Waals surface area contributed by atoms with Gasteiger partial charge in [0.2, 0.25) is 0 Å². The monoisotopic (exact) mass is 363 g/mol. The molecule has 7 heteroatoms. The summed E-state index contributed by atoms with van der Waals surface area (Å²) < 4.78 is 0. The molecule has 0 spiro atoms. The van der Waals surface area contributed by atoms with Gasteiger partial charge in [-0.3, -0.25) is 0 Å². The van der Waals surface area contributed by atoms with Crippen molar-refractivity contribution in [1.82, 2.24) is 0 Å². The first-order valence-electron chi connectivity index (χ1n) is 0. The third-order valence-electron chi connectivity index (χ3n) is 0. The van der Waals surface area contributed by atoms with Crippen LogP contribution in [-0.4, -0.2) is 54.8 Å². The molecule has 0 aromatic rings. The van der Waals surface area contributed by atoms with Gasteiger partial charge < -0.3 is 5.71 Å². The summed E-state index contributed by atoms with van der Waals surface area (Å²) in [5, 5.41) is 0. The second-order valence-electron chi connectivity index (χ2n) is 0. The molecule has 0 atom stereocenters. The minimum atomic E-state index is 0. The fourth-order valence-corrected chi connectivity index (χ4v) is 0. The van der Waals surface area contributed by atoms with Crippen molar-refractivity contribution in [3.63, 3.8) is 0 Å². The van der Waals surface area contributed by atoms with Gasteiger partial charge in [-0.25, -0.2) is 0 Å². The molecular formula is H5CaFe2KNaSeZn. The zero-order valence-electron chi connectivity index (χ0n) is 8.57. The maximum absolute atomic E-state index is 0. The number of rotatable bonds is 0. The van der Waals surface area contributed by atoms with Crippen molar-refractivity contribution in [2.45, 2.75) is 0 Å². The number of hydrogen-bond donors (Lipinski definition) is 0. The zero-order valence-corrected chi connectivity index (χ0v) is 19.0. The molecule has 7 heavy (non-hydrogen) atoms. The van der Waals surface area contributed by atoms with Crippen molar-refractivity contribution < 1.29 is 140 Å². The van der Waals surface area contributed by atoms with Crippen molar-refractivity contribution in [2.24, 2.45) is 0 Å². The van der Waals surface area contributed by atoms with Crippen LogP contribution in [-0.2, 0) is 53.6 Å². The average molecular weight is 363 g/mol. The fraction of sp³-hybridized carbons (Fsp3) is 0. The van der Waals surface area contributed by atoms with Crippen LogP contribution in [0.2, 0.25) is 0 Å². The Labute approximate surface area is 189 Å². The molecule has 0 rings (SSSR count). The summed E-state index contributed by atoms with van der Waals surface area (Å²) in [6.07, 6.45) is 0. The quantitative estimate of drug-likeness (QED) is 0.376. The molecule has 0 aliphatic carbocycles. The molecule has 0 fully saturated rings. The fourth-order valence-electron chi connectivity index (χ4n) is 0. The first-order chi connectivity index (χ1) is 0. The molecule has 0 aliphatic rings. The third-order valence-corrected chi connectivity index (χ3v) is 0. The summed E-state index contributed by atoms with van der Waals surface area (Å²) in [7, 11) is 0. The average Bonchev–Trinajstić information content (AvgIpc) is 0. The van der Waals surface area contributed by atoms with E-state index in [1.165, 1.54) is 0 Å². The Morgan fingerprint density at radius 2 is 1.00 bits per heavy atom. The van der Waals surface area contributed by atoms with E-state index in [9.17, 15) is 0 Å². The topological polar surface area (TPSA) is 0 Å². The van der Waals surface area contributed by atoms with E-state index in [1.807, 2.05) is 0 Å². The summed E-state index contributed by atoms with van der Waals surface area (Å²) in [5.41, 5.74) is 0. The summed E-state index contributed by atoms with van der Waals surface area (Å²) in [6, 6.07) is 0. The Bertz CT molecular complexity index is 28.1. The van der Waals surface area contributed by atoms with Crippen molar-refractivity contribution in [1.29, 1.82) is 0 Å². The Hall–Kier alpha value is 6.08. The Kier molecular flexibility index (Phi) is 296. The molecule has 0 nitrogen and oxygen atoms in total. The first-order valence-corrected chi connectivity index (χ1v) is 0. The van der Waals surface area contributed by atoms with E-state index in [4.69, 9.17) is 0 Å². The molecule has 0 saturated carbocycles. The molecule has 0 amide bonds. The van der Waals surface area contributed by atoms with Gasteiger partial charge in [-0.05, 0) is 0 Å². The van der Waals surface area contributed by atoms with Crippen LogP contribution in [0.4, 0.5) is 0 Å². The van der Waals surface area contributed by atoms with Crippen molar-refractivity contribution >= 4 is 54.8 Å². The van der Waals surface area contributed by atoms with Gasteiger partial charge in [0.15, 0.2) is 0 Å². The molecule has 0 saturated heterocycles. The van der Waals surface area contributed by atoms with Gasteiger partial charge in [0.05, 0.1) is 0 Å². The van der Waals surface area contributed by atoms with E-state index in [0.29, 0.717) is 0 Å². The number of hydrogen-bond acceptors (Lipinski definition) is 0. The first kappa shape index (κ1) is 51.6. The maximum Gasteiger partial charge on any atom is 0 e. The SMILES string of the molecule is [Ca+2].[Fe].[Fe].[H-].[H-].[H-].[H-].[K+].[Na+].[SeH].[Zn]. The molecule has 0 N–H and O–H groups in total. The van der Waals surface area contributed by atoms with Gasteiger partial charge in [-0.1, -0.05) is 0 Å². The summed E-state index contributed by atoms with van der Waals surface area (Å²) >= 11 is 0. The van der Waals surface area contributed by atoms with Crippen molar-refractivity contribution in [2.75, 3.05) is 0 Å². The smallest absolute Gasteiger partial charge is 0 e. The second-order valence-corrected chi connectivity index (χ2v) is 0. The van der Waals surface area contributed by atoms with Crippen LogP contribution >= 0.6 is 0 Å². The van der Waals surface area contributed by atoms with Crippen molar-refractivity contribution in [3.05, 3.63) is 0 Å². The van der Waals surface area contributed by atoms with Crippen LogP contribution in [0.1, 0.15) is 5.71 Å². The van der Waals surface area contributed by atoms with E-state index >= 15 is 0 Å². The summed E-state index contributed by atoms with van der Waals surface area (Å²) in [6.45, 7) is 0. The van der Waals surface area contributed by atoms with Crippen LogP contribution in [0, 0.1) is 0 Å². The molecule has 0 aromatic carbocycles. The molecule has 0 bridgehead atoms. The summed E-state index contributed by atoms with van der Waals surface area (Å²) in [5.74, 6) is 0. The molecule has 0 unspecified atom stereocenters. The molecule has 33 valence electrons. The van der Waals surface area contributed by atoms with E-state index in [0.717, 1.165) is 0 Å².